The summed E-state index contributed by atoms with van der Waals surface area (Å²) in [5.74, 6) is 0.515. The molecule has 2 aromatic rings. The van der Waals surface area contributed by atoms with Gasteiger partial charge in [-0.3, -0.25) is 0 Å². The molecule has 0 radical (unpaired) electrons. The summed E-state index contributed by atoms with van der Waals surface area (Å²) in [6.45, 7) is 3.25. The largest absolute Gasteiger partial charge is 0.388 e. The van der Waals surface area contributed by atoms with Gasteiger partial charge < -0.3 is 10.0 Å². The molecule has 2 nitrogen and oxygen atoms in total. The van der Waals surface area contributed by atoms with Gasteiger partial charge in [0.1, 0.15) is 0 Å². The van der Waals surface area contributed by atoms with E-state index < -0.39 is 5.60 Å². The number of hydrogen-bond donors (Lipinski definition) is 1. The Morgan fingerprint density at radius 3 is 2.58 bits per heavy atom. The van der Waals surface area contributed by atoms with Crippen LogP contribution in [0.3, 0.4) is 0 Å². The molecule has 2 bridgehead atoms. The Balaban J connectivity index is 1.34. The maximum atomic E-state index is 11.1. The van der Waals surface area contributed by atoms with E-state index >= 15 is 0 Å². The number of fused-ring (bicyclic) bond motifs is 6. The van der Waals surface area contributed by atoms with Crippen LogP contribution in [0.4, 0.5) is 0 Å². The van der Waals surface area contributed by atoms with E-state index in [-0.39, 0.29) is 0 Å². The van der Waals surface area contributed by atoms with Crippen molar-refractivity contribution in [2.75, 3.05) is 19.6 Å². The van der Waals surface area contributed by atoms with Crippen molar-refractivity contribution in [2.45, 2.75) is 37.7 Å². The predicted octanol–water partition coefficient (Wildman–Crippen LogP) is 3.65. The number of rotatable bonds is 3. The molecule has 124 valence electrons. The average Bonchev–Trinajstić information content (AvgIpc) is 2.98. The van der Waals surface area contributed by atoms with E-state index in [2.05, 4.69) is 47.4 Å². The molecule has 0 saturated carbocycles. The molecule has 3 aliphatic heterocycles. The van der Waals surface area contributed by atoms with Gasteiger partial charge >= 0.3 is 0 Å². The molecule has 0 aromatic heterocycles. The van der Waals surface area contributed by atoms with Gasteiger partial charge in [-0.1, -0.05) is 42.5 Å². The lowest BCUT2D eigenvalue weighted by Crippen LogP contribution is -2.59. The van der Waals surface area contributed by atoms with Crippen LogP contribution in [0.15, 0.2) is 42.5 Å². The van der Waals surface area contributed by atoms with E-state index in [1.165, 1.54) is 53.7 Å². The van der Waals surface area contributed by atoms with Gasteiger partial charge in [-0.15, -0.1) is 0 Å². The van der Waals surface area contributed by atoms with Crippen molar-refractivity contribution in [2.24, 2.45) is 5.92 Å². The van der Waals surface area contributed by atoms with Crippen molar-refractivity contribution in [3.8, 4) is 11.1 Å². The third-order valence-electron chi connectivity index (χ3n) is 6.55. The molecule has 1 aliphatic carbocycles. The van der Waals surface area contributed by atoms with Crippen LogP contribution in [-0.4, -0.2) is 35.2 Å². The number of piperidine rings is 3. The summed E-state index contributed by atoms with van der Waals surface area (Å²) >= 11 is 0. The van der Waals surface area contributed by atoms with E-state index in [1.807, 2.05) is 0 Å². The van der Waals surface area contributed by atoms with Crippen molar-refractivity contribution in [1.29, 1.82) is 0 Å². The first kappa shape index (κ1) is 14.7. The maximum Gasteiger partial charge on any atom is 0.0806 e. The highest BCUT2D eigenvalue weighted by molar-refractivity contribution is 5.76. The number of benzene rings is 2. The van der Waals surface area contributed by atoms with Gasteiger partial charge in [0.25, 0.3) is 0 Å². The first-order chi connectivity index (χ1) is 11.7. The van der Waals surface area contributed by atoms with E-state index in [9.17, 15) is 5.11 Å². The summed E-state index contributed by atoms with van der Waals surface area (Å²) in [6.07, 6.45) is 5.30. The van der Waals surface area contributed by atoms with E-state index in [1.54, 1.807) is 0 Å². The molecule has 0 spiro atoms. The van der Waals surface area contributed by atoms with Crippen LogP contribution in [0.25, 0.3) is 11.1 Å². The Morgan fingerprint density at radius 2 is 1.79 bits per heavy atom. The molecule has 1 unspecified atom stereocenters. The van der Waals surface area contributed by atoms with E-state index in [4.69, 9.17) is 0 Å². The second-order valence-electron chi connectivity index (χ2n) is 7.98. The molecular formula is C22H25NO. The van der Waals surface area contributed by atoms with Gasteiger partial charge in [0.2, 0.25) is 0 Å². The van der Waals surface area contributed by atoms with Crippen LogP contribution in [0.5, 0.6) is 0 Å². The number of aliphatic hydroxyl groups is 1. The zero-order valence-electron chi connectivity index (χ0n) is 14.2. The fourth-order valence-corrected chi connectivity index (χ4v) is 5.14. The summed E-state index contributed by atoms with van der Waals surface area (Å²) in [7, 11) is 0. The predicted molar refractivity (Wildman–Crippen MR) is 97.1 cm³/mol. The fourth-order valence-electron chi connectivity index (χ4n) is 5.14. The summed E-state index contributed by atoms with van der Waals surface area (Å²) in [6, 6.07) is 15.7. The van der Waals surface area contributed by atoms with Crippen LogP contribution >= 0.6 is 0 Å². The molecule has 24 heavy (non-hydrogen) atoms. The van der Waals surface area contributed by atoms with Crippen molar-refractivity contribution >= 4 is 0 Å². The Morgan fingerprint density at radius 1 is 1.00 bits per heavy atom. The Hall–Kier alpha value is -1.64. The Bertz CT molecular complexity index is 775. The zero-order chi connectivity index (χ0) is 16.1. The molecule has 1 N–H and O–H groups in total. The molecular weight excluding hydrogens is 294 g/mol. The highest BCUT2D eigenvalue weighted by Crippen LogP contribution is 2.40. The second-order valence-corrected chi connectivity index (χ2v) is 7.98. The van der Waals surface area contributed by atoms with Gasteiger partial charge in [0.15, 0.2) is 0 Å². The third kappa shape index (κ3) is 2.32. The van der Waals surface area contributed by atoms with Crippen LogP contribution < -0.4 is 0 Å². The van der Waals surface area contributed by atoms with Gasteiger partial charge in [-0.25, -0.2) is 0 Å². The molecule has 0 amide bonds. The lowest BCUT2D eigenvalue weighted by molar-refractivity contribution is -0.115. The van der Waals surface area contributed by atoms with Crippen molar-refractivity contribution in [3.63, 3.8) is 0 Å². The van der Waals surface area contributed by atoms with Crippen LogP contribution in [-0.2, 0) is 12.8 Å². The lowest BCUT2D eigenvalue weighted by Gasteiger charge is -2.50. The monoisotopic (exact) mass is 319 g/mol. The van der Waals surface area contributed by atoms with Gasteiger partial charge in [-0.2, -0.15) is 0 Å². The minimum absolute atomic E-state index is 0.460. The van der Waals surface area contributed by atoms with Crippen molar-refractivity contribution in [3.05, 3.63) is 59.2 Å². The van der Waals surface area contributed by atoms with Crippen LogP contribution in [0, 0.1) is 5.92 Å². The molecule has 1 atom stereocenters. The first-order valence-corrected chi connectivity index (χ1v) is 9.36. The molecule has 3 fully saturated rings. The average molecular weight is 319 g/mol. The summed E-state index contributed by atoms with van der Waals surface area (Å²) in [4.78, 5) is 2.44. The molecule has 3 saturated heterocycles. The normalized spacial score (nSPS) is 30.2. The highest BCUT2D eigenvalue weighted by atomic mass is 16.3. The SMILES string of the molecule is OC1(CCc2ccc3c(c2)Cc2ccccc2-3)CN2CCC1CC2. The second kappa shape index (κ2) is 5.44. The smallest absolute Gasteiger partial charge is 0.0806 e. The maximum absolute atomic E-state index is 11.1. The lowest BCUT2D eigenvalue weighted by atomic mass is 9.72. The summed E-state index contributed by atoms with van der Waals surface area (Å²) in [5.41, 5.74) is 6.62. The fraction of sp³-hybridized carbons (Fsp3) is 0.455. The quantitative estimate of drug-likeness (QED) is 0.796. The minimum Gasteiger partial charge on any atom is -0.388 e. The van der Waals surface area contributed by atoms with Crippen LogP contribution in [0.1, 0.15) is 36.0 Å². The molecule has 3 heterocycles. The number of nitrogens with zero attached hydrogens (tertiary/aromatic N) is 1. The Labute approximate surface area is 144 Å². The third-order valence-corrected chi connectivity index (χ3v) is 6.55. The summed E-state index contributed by atoms with van der Waals surface area (Å²) < 4.78 is 0. The summed E-state index contributed by atoms with van der Waals surface area (Å²) in [5, 5.41) is 11.1. The first-order valence-electron chi connectivity index (χ1n) is 9.36. The molecule has 6 rings (SSSR count). The van der Waals surface area contributed by atoms with Crippen LogP contribution in [0.2, 0.25) is 0 Å². The zero-order valence-corrected chi connectivity index (χ0v) is 14.2. The molecule has 4 aliphatic rings. The van der Waals surface area contributed by atoms with Gasteiger partial charge in [-0.05, 0) is 78.9 Å². The van der Waals surface area contributed by atoms with E-state index in [0.717, 1.165) is 25.8 Å². The number of hydrogen-bond acceptors (Lipinski definition) is 2. The van der Waals surface area contributed by atoms with Crippen molar-refractivity contribution in [1.82, 2.24) is 4.90 Å². The topological polar surface area (TPSA) is 23.5 Å². The molecule has 2 heteroatoms. The Kier molecular flexibility index (Phi) is 3.33. The van der Waals surface area contributed by atoms with Crippen molar-refractivity contribution < 1.29 is 5.11 Å². The highest BCUT2D eigenvalue weighted by Gasteiger charge is 2.44. The molecule has 2 aromatic carbocycles. The standard InChI is InChI=1S/C22H25NO/c24-22(15-23-11-8-19(22)9-12-23)10-7-16-5-6-21-18(13-16)14-17-3-1-2-4-20(17)21/h1-6,13,19,24H,7-12,14-15H2. The minimum atomic E-state index is -0.460. The number of aryl methyl sites for hydroxylation is 1. The van der Waals surface area contributed by atoms with Gasteiger partial charge in [0.05, 0.1) is 5.60 Å². The van der Waals surface area contributed by atoms with Gasteiger partial charge in [0, 0.05) is 6.54 Å². The van der Waals surface area contributed by atoms with E-state index in [0.29, 0.717) is 5.92 Å².